The first-order chi connectivity index (χ1) is 22.8. The van der Waals surface area contributed by atoms with Gasteiger partial charge in [0.25, 0.3) is 0 Å². The molecule has 0 radical (unpaired) electrons. The number of nitrogens with zero attached hydrogens (tertiary/aromatic N) is 4. The Kier molecular flexibility index (Phi) is 40.8. The van der Waals surface area contributed by atoms with Gasteiger partial charge in [-0.3, -0.25) is 4.99 Å². The molecule has 0 aromatic rings. The van der Waals surface area contributed by atoms with Gasteiger partial charge >= 0.3 is 0 Å². The first kappa shape index (κ1) is 60.4. The van der Waals surface area contributed by atoms with Crippen molar-refractivity contribution in [3.63, 3.8) is 0 Å². The van der Waals surface area contributed by atoms with Gasteiger partial charge in [0.1, 0.15) is 19.6 Å². The summed E-state index contributed by atoms with van der Waals surface area (Å²) in [7, 11) is 18.5. The first-order valence-corrected chi connectivity index (χ1v) is 17.0. The number of carbonyl (C=O) groups excluding carboxylic acids is 3. The molecular formula is C33H79N9O9. The summed E-state index contributed by atoms with van der Waals surface area (Å²) >= 11 is 0. The van der Waals surface area contributed by atoms with Crippen LogP contribution >= 0.6 is 0 Å². The minimum absolute atomic E-state index is 0.00276. The van der Waals surface area contributed by atoms with Crippen molar-refractivity contribution >= 4 is 23.9 Å². The lowest BCUT2D eigenvalue weighted by Gasteiger charge is -2.21. The number of carbonyl (C=O) groups is 3. The maximum atomic E-state index is 10.1. The summed E-state index contributed by atoms with van der Waals surface area (Å²) in [6, 6.07) is -2.53. The first-order valence-electron chi connectivity index (χ1n) is 17.0. The molecule has 18 nitrogen and oxygen atoms in total. The van der Waals surface area contributed by atoms with E-state index in [0.717, 1.165) is 33.1 Å². The fourth-order valence-electron chi connectivity index (χ4n) is 2.75. The second kappa shape index (κ2) is 34.4. The van der Waals surface area contributed by atoms with Crippen molar-refractivity contribution in [3.8, 4) is 0 Å². The molecule has 3 atom stereocenters. The van der Waals surface area contributed by atoms with Crippen molar-refractivity contribution in [2.24, 2.45) is 45.5 Å². The van der Waals surface area contributed by atoms with Crippen molar-refractivity contribution in [1.29, 1.82) is 0 Å². The minimum Gasteiger partial charge on any atom is -0.548 e. The molecule has 0 heterocycles. The second-order valence-electron chi connectivity index (χ2n) is 15.7. The van der Waals surface area contributed by atoms with Crippen LogP contribution in [0, 0.1) is 11.8 Å². The van der Waals surface area contributed by atoms with Gasteiger partial charge in [-0.05, 0) is 37.5 Å². The summed E-state index contributed by atoms with van der Waals surface area (Å²) in [5, 5.41) is 55.3. The number of aliphatic carboxylic acids is 3. The Hall–Kier alpha value is -2.68. The van der Waals surface area contributed by atoms with E-state index in [9.17, 15) is 29.7 Å². The van der Waals surface area contributed by atoms with Crippen molar-refractivity contribution in [1.82, 2.24) is 0 Å². The molecule has 0 rings (SSSR count). The standard InChI is InChI=1S/C6H14N4O2.2C6H13NO2.3C5H14NO/c7-4(5(11)12)2-1-3-10-6(8)9;2*1-4(2)3-5(7)6(8)9;3*1-6(2,3)4-5-7/h4H,1-3,7H2,(H,11,12)(H4,8,9,10);2*4-5H,3,7H2,1-2H3,(H,8,9);3*7H,4-5H2,1-3H3/q;;;3*+1/p-3/t4-;2*5-;;;/m000.../s1. The van der Waals surface area contributed by atoms with Gasteiger partial charge in [-0.1, -0.05) is 27.7 Å². The van der Waals surface area contributed by atoms with E-state index in [4.69, 9.17) is 44.0 Å². The average Bonchev–Trinajstić information content (AvgIpc) is 2.89. The monoisotopic (exact) mass is 746 g/mol. The second-order valence-corrected chi connectivity index (χ2v) is 15.7. The third-order valence-corrected chi connectivity index (χ3v) is 5.64. The maximum absolute atomic E-state index is 10.1. The molecule has 13 N–H and O–H groups in total. The van der Waals surface area contributed by atoms with Gasteiger partial charge in [0.05, 0.1) is 101 Å². The predicted octanol–water partition coefficient (Wildman–Crippen LogP) is -5.61. The van der Waals surface area contributed by atoms with Crippen LogP contribution in [0.2, 0.25) is 0 Å². The van der Waals surface area contributed by atoms with E-state index >= 15 is 0 Å². The van der Waals surface area contributed by atoms with Gasteiger partial charge in [-0.25, -0.2) is 0 Å². The van der Waals surface area contributed by atoms with Crippen molar-refractivity contribution < 1.29 is 58.5 Å². The fraction of sp³-hybridized carbons (Fsp3) is 0.879. The summed E-state index contributed by atoms with van der Waals surface area (Å²) in [4.78, 5) is 33.8. The van der Waals surface area contributed by atoms with E-state index in [2.05, 4.69) is 68.4 Å². The number of quaternary nitrogens is 3. The molecule has 0 aromatic heterocycles. The summed E-state index contributed by atoms with van der Waals surface area (Å²) in [6.45, 7) is 11.4. The summed E-state index contributed by atoms with van der Waals surface area (Å²) < 4.78 is 2.53. The third-order valence-electron chi connectivity index (χ3n) is 5.64. The Morgan fingerprint density at radius 3 is 0.941 bits per heavy atom. The molecule has 18 heteroatoms. The van der Waals surface area contributed by atoms with Gasteiger partial charge in [0, 0.05) is 24.7 Å². The fourth-order valence-corrected chi connectivity index (χ4v) is 2.75. The number of likely N-dealkylation sites (N-methyl/N-ethyl adjacent to an activating group) is 3. The molecule has 0 aliphatic carbocycles. The minimum atomic E-state index is -1.25. The highest BCUT2D eigenvalue weighted by Gasteiger charge is 2.06. The van der Waals surface area contributed by atoms with E-state index in [1.54, 1.807) is 0 Å². The van der Waals surface area contributed by atoms with Crippen molar-refractivity contribution in [2.75, 3.05) is 109 Å². The molecule has 0 aliphatic heterocycles. The lowest BCUT2D eigenvalue weighted by Crippen LogP contribution is -2.42. The molecule has 0 aromatic carbocycles. The summed E-state index contributed by atoms with van der Waals surface area (Å²) in [5.74, 6) is -2.94. The van der Waals surface area contributed by atoms with E-state index in [1.165, 1.54) is 0 Å². The number of nitrogens with two attached hydrogens (primary N) is 5. The lowest BCUT2D eigenvalue weighted by atomic mass is 10.1. The Balaban J connectivity index is -0.000000121. The zero-order valence-corrected chi connectivity index (χ0v) is 34.1. The number of hydrogen-bond acceptors (Lipinski definition) is 13. The van der Waals surface area contributed by atoms with Crippen LogP contribution in [0.4, 0.5) is 0 Å². The SMILES string of the molecule is CC(C)C[C@H](N)C(=O)[O-].CC(C)C[C@H](N)C(=O)[O-].C[N+](C)(C)CCO.C[N+](C)(C)CCO.C[N+](C)(C)CCO.NC(N)=NCCC[C@H](N)C(=O)[O-]. The molecule has 0 bridgehead atoms. The zero-order chi connectivity index (χ0) is 42.2. The topological polar surface area (TPSA) is 324 Å². The van der Waals surface area contributed by atoms with Gasteiger partial charge in [0.15, 0.2) is 5.96 Å². The molecule has 51 heavy (non-hydrogen) atoms. The Morgan fingerprint density at radius 1 is 0.569 bits per heavy atom. The predicted molar refractivity (Wildman–Crippen MR) is 198 cm³/mol. The van der Waals surface area contributed by atoms with Crippen molar-refractivity contribution in [2.45, 2.75) is 71.5 Å². The largest absolute Gasteiger partial charge is 0.548 e. The maximum Gasteiger partial charge on any atom is 0.185 e. The average molecular weight is 746 g/mol. The molecule has 310 valence electrons. The number of hydrogen-bond donors (Lipinski definition) is 8. The van der Waals surface area contributed by atoms with Crippen LogP contribution in [0.3, 0.4) is 0 Å². The van der Waals surface area contributed by atoms with Gasteiger partial charge in [0.2, 0.25) is 0 Å². The Morgan fingerprint density at radius 2 is 0.824 bits per heavy atom. The number of carboxylic acids is 3. The molecule has 0 saturated carbocycles. The van der Waals surface area contributed by atoms with Crippen LogP contribution < -0.4 is 44.0 Å². The number of carboxylic acid groups (broad SMARTS) is 3. The van der Waals surface area contributed by atoms with Gasteiger partial charge in [-0.15, -0.1) is 0 Å². The molecular weight excluding hydrogens is 666 g/mol. The van der Waals surface area contributed by atoms with Crippen LogP contribution in [-0.4, -0.2) is 180 Å². The molecule has 0 aliphatic rings. The quantitative estimate of drug-likeness (QED) is 0.0298. The molecule has 0 amide bonds. The normalized spacial score (nSPS) is 12.6. The Labute approximate surface area is 308 Å². The third kappa shape index (κ3) is 73.7. The zero-order valence-electron chi connectivity index (χ0n) is 34.1. The molecule has 0 saturated heterocycles. The number of rotatable bonds is 17. The number of aliphatic hydroxyl groups excluding tert-OH is 3. The van der Waals surface area contributed by atoms with E-state index in [-0.39, 0.29) is 25.8 Å². The van der Waals surface area contributed by atoms with Crippen LogP contribution in [0.1, 0.15) is 53.4 Å². The highest BCUT2D eigenvalue weighted by molar-refractivity contribution is 5.75. The van der Waals surface area contributed by atoms with Crippen LogP contribution in [-0.2, 0) is 14.4 Å². The Bertz CT molecular complexity index is 805. The molecule has 0 unspecified atom stereocenters. The van der Waals surface area contributed by atoms with E-state index < -0.39 is 36.0 Å². The van der Waals surface area contributed by atoms with Crippen LogP contribution in [0.5, 0.6) is 0 Å². The van der Waals surface area contributed by atoms with Gasteiger partial charge in [-0.2, -0.15) is 0 Å². The van der Waals surface area contributed by atoms with Crippen molar-refractivity contribution in [3.05, 3.63) is 0 Å². The van der Waals surface area contributed by atoms with E-state index in [1.807, 2.05) is 27.7 Å². The summed E-state index contributed by atoms with van der Waals surface area (Å²) in [6.07, 6.45) is 1.83. The molecule has 0 spiro atoms. The van der Waals surface area contributed by atoms with Crippen LogP contribution in [0.15, 0.2) is 4.99 Å². The number of aliphatic hydroxyl groups is 3. The number of aliphatic imine (C=N–C) groups is 1. The molecule has 0 fully saturated rings. The lowest BCUT2D eigenvalue weighted by molar-refractivity contribution is -0.870. The highest BCUT2D eigenvalue weighted by atomic mass is 16.4. The van der Waals surface area contributed by atoms with Gasteiger partial charge < -0.3 is 87.1 Å². The van der Waals surface area contributed by atoms with Crippen LogP contribution in [0.25, 0.3) is 0 Å². The number of guanidine groups is 1. The van der Waals surface area contributed by atoms with E-state index in [0.29, 0.717) is 44.1 Å². The highest BCUT2D eigenvalue weighted by Crippen LogP contribution is 2.01. The smallest absolute Gasteiger partial charge is 0.185 e. The summed E-state index contributed by atoms with van der Waals surface area (Å²) in [5.41, 5.74) is 25.5.